The van der Waals surface area contributed by atoms with E-state index in [9.17, 15) is 9.59 Å². The highest BCUT2D eigenvalue weighted by molar-refractivity contribution is 6.12. The smallest absolute Gasteiger partial charge is 0.342 e. The van der Waals surface area contributed by atoms with Crippen LogP contribution in [0.25, 0.3) is 10.4 Å². The molecule has 0 aliphatic carbocycles. The van der Waals surface area contributed by atoms with Gasteiger partial charge in [-0.05, 0) is 5.53 Å². The number of carboxylic acid groups (broad SMARTS) is 2. The second-order valence-electron chi connectivity index (χ2n) is 1.36. The van der Waals surface area contributed by atoms with Crippen molar-refractivity contribution in [3.8, 4) is 0 Å². The highest BCUT2D eigenvalue weighted by Crippen LogP contribution is 1.94. The normalized spacial score (nSPS) is 7.64. The van der Waals surface area contributed by atoms with Crippen molar-refractivity contribution >= 4 is 11.9 Å². The molecule has 0 rings (SSSR count). The maximum Gasteiger partial charge on any atom is 0.342 e. The van der Waals surface area contributed by atoms with Gasteiger partial charge in [-0.2, -0.15) is 0 Å². The predicted molar refractivity (Wildman–Crippen MR) is 32.5 cm³/mol. The molecule has 0 atom stereocenters. The van der Waals surface area contributed by atoms with Crippen molar-refractivity contribution < 1.29 is 19.8 Å². The second-order valence-corrected chi connectivity index (χ2v) is 1.36. The third-order valence-electron chi connectivity index (χ3n) is 0.699. The molecule has 0 heterocycles. The summed E-state index contributed by atoms with van der Waals surface area (Å²) in [7, 11) is 0. The molecule has 0 saturated carbocycles. The van der Waals surface area contributed by atoms with Crippen LogP contribution in [0.5, 0.6) is 0 Å². The van der Waals surface area contributed by atoms with E-state index in [0.717, 1.165) is 0 Å². The summed E-state index contributed by atoms with van der Waals surface area (Å²) in [5.41, 5.74) is 6.74. The lowest BCUT2D eigenvalue weighted by molar-refractivity contribution is -0.140. The second kappa shape index (κ2) is 3.91. The van der Waals surface area contributed by atoms with Gasteiger partial charge in [-0.15, -0.1) is 0 Å². The van der Waals surface area contributed by atoms with Gasteiger partial charge < -0.3 is 10.2 Å². The van der Waals surface area contributed by atoms with E-state index in [0.29, 0.717) is 6.20 Å². The molecule has 0 aromatic heterocycles. The summed E-state index contributed by atoms with van der Waals surface area (Å²) < 4.78 is 0. The standard InChI is InChI=1S/C4H3N3O4/c5-7-6-1-2(3(8)9)4(10)11/h1H,(H,8,9)(H,10,11). The van der Waals surface area contributed by atoms with Gasteiger partial charge in [0.25, 0.3) is 0 Å². The molecule has 0 aliphatic rings. The fourth-order valence-electron chi connectivity index (χ4n) is 0.285. The van der Waals surface area contributed by atoms with E-state index >= 15 is 0 Å². The lowest BCUT2D eigenvalue weighted by atomic mass is 10.3. The number of rotatable bonds is 3. The van der Waals surface area contributed by atoms with Crippen LogP contribution in [-0.2, 0) is 9.59 Å². The van der Waals surface area contributed by atoms with Gasteiger partial charge in [0.2, 0.25) is 0 Å². The molecule has 0 amide bonds. The Bertz CT molecular complexity index is 247. The zero-order valence-electron chi connectivity index (χ0n) is 5.13. The fourth-order valence-corrected chi connectivity index (χ4v) is 0.285. The molecule has 58 valence electrons. The molecule has 0 saturated heterocycles. The largest absolute Gasteiger partial charge is 0.477 e. The van der Waals surface area contributed by atoms with Crippen LogP contribution in [0.4, 0.5) is 0 Å². The number of carbonyl (C=O) groups is 2. The van der Waals surface area contributed by atoms with Crippen molar-refractivity contribution in [1.82, 2.24) is 0 Å². The molecule has 0 aromatic carbocycles. The Hall–Kier alpha value is -2.01. The summed E-state index contributed by atoms with van der Waals surface area (Å²) in [5.74, 6) is -3.30. The van der Waals surface area contributed by atoms with Crippen molar-refractivity contribution in [2.24, 2.45) is 5.11 Å². The van der Waals surface area contributed by atoms with E-state index in [1.165, 1.54) is 0 Å². The van der Waals surface area contributed by atoms with Crippen LogP contribution in [-0.4, -0.2) is 22.2 Å². The van der Waals surface area contributed by atoms with E-state index in [2.05, 4.69) is 10.0 Å². The maximum absolute atomic E-state index is 10.0. The van der Waals surface area contributed by atoms with Crippen LogP contribution in [0.2, 0.25) is 0 Å². The van der Waals surface area contributed by atoms with Gasteiger partial charge in [0.05, 0.1) is 0 Å². The van der Waals surface area contributed by atoms with Gasteiger partial charge in [-0.25, -0.2) is 9.59 Å². The van der Waals surface area contributed by atoms with Gasteiger partial charge in [0.15, 0.2) is 0 Å². The summed E-state index contributed by atoms with van der Waals surface area (Å²) in [4.78, 5) is 22.2. The highest BCUT2D eigenvalue weighted by Gasteiger charge is 2.14. The first-order valence-electron chi connectivity index (χ1n) is 2.30. The predicted octanol–water partition coefficient (Wildman–Crippen LogP) is 0.350. The SMILES string of the molecule is [N-]=[N+]=NC=C(C(=O)O)C(=O)O. The summed E-state index contributed by atoms with van der Waals surface area (Å²) in [6.07, 6.45) is 0.421. The molecule has 0 spiro atoms. The molecule has 0 radical (unpaired) electrons. The fraction of sp³-hybridized carbons (Fsp3) is 0. The van der Waals surface area contributed by atoms with Gasteiger partial charge in [0, 0.05) is 11.1 Å². The van der Waals surface area contributed by atoms with Gasteiger partial charge >= 0.3 is 11.9 Å². The molecule has 0 fully saturated rings. The molecule has 7 nitrogen and oxygen atoms in total. The third kappa shape index (κ3) is 2.87. The zero-order valence-corrected chi connectivity index (χ0v) is 5.13. The highest BCUT2D eigenvalue weighted by atomic mass is 16.4. The van der Waals surface area contributed by atoms with E-state index in [1.807, 2.05) is 0 Å². The Labute approximate surface area is 60.2 Å². The molecular weight excluding hydrogens is 154 g/mol. The molecular formula is C4H3N3O4. The van der Waals surface area contributed by atoms with Crippen LogP contribution in [0, 0.1) is 0 Å². The quantitative estimate of drug-likeness (QED) is 0.153. The summed E-state index contributed by atoms with van der Waals surface area (Å²) in [6, 6.07) is 0. The number of hydrogen-bond donors (Lipinski definition) is 2. The number of aliphatic carboxylic acids is 2. The lowest BCUT2D eigenvalue weighted by Gasteiger charge is -1.89. The Morgan fingerprint density at radius 3 is 2.09 bits per heavy atom. The summed E-state index contributed by atoms with van der Waals surface area (Å²) in [5, 5.41) is 18.9. The van der Waals surface area contributed by atoms with Gasteiger partial charge in [0.1, 0.15) is 5.57 Å². The monoisotopic (exact) mass is 157 g/mol. The molecule has 0 aliphatic heterocycles. The van der Waals surface area contributed by atoms with E-state index in [-0.39, 0.29) is 0 Å². The number of azide groups is 1. The average molecular weight is 157 g/mol. The van der Waals surface area contributed by atoms with Crippen molar-refractivity contribution in [2.45, 2.75) is 0 Å². The van der Waals surface area contributed by atoms with Crippen molar-refractivity contribution in [1.29, 1.82) is 0 Å². The Kier molecular flexibility index (Phi) is 3.20. The molecule has 0 bridgehead atoms. The average Bonchev–Trinajstić information content (AvgIpc) is 1.87. The van der Waals surface area contributed by atoms with Crippen LogP contribution >= 0.6 is 0 Å². The number of nitrogens with zero attached hydrogens (tertiary/aromatic N) is 3. The Morgan fingerprint density at radius 2 is 1.82 bits per heavy atom. The van der Waals surface area contributed by atoms with Gasteiger partial charge in [-0.1, -0.05) is 5.11 Å². The zero-order chi connectivity index (χ0) is 8.85. The molecule has 11 heavy (non-hydrogen) atoms. The van der Waals surface area contributed by atoms with E-state index < -0.39 is 17.5 Å². The van der Waals surface area contributed by atoms with Crippen molar-refractivity contribution in [3.63, 3.8) is 0 Å². The minimum atomic E-state index is -1.65. The Morgan fingerprint density at radius 1 is 1.36 bits per heavy atom. The van der Waals surface area contributed by atoms with Crippen LogP contribution < -0.4 is 0 Å². The first-order chi connectivity index (χ1) is 5.09. The molecule has 0 aromatic rings. The van der Waals surface area contributed by atoms with E-state index in [1.54, 1.807) is 0 Å². The first-order valence-corrected chi connectivity index (χ1v) is 2.30. The van der Waals surface area contributed by atoms with E-state index in [4.69, 9.17) is 15.7 Å². The summed E-state index contributed by atoms with van der Waals surface area (Å²) >= 11 is 0. The van der Waals surface area contributed by atoms with Gasteiger partial charge in [-0.3, -0.25) is 0 Å². The van der Waals surface area contributed by atoms with Crippen LogP contribution in [0.1, 0.15) is 0 Å². The Balaban J connectivity index is 4.74. The van der Waals surface area contributed by atoms with Crippen molar-refractivity contribution in [3.05, 3.63) is 22.2 Å². The maximum atomic E-state index is 10.0. The molecule has 0 unspecified atom stereocenters. The minimum absolute atomic E-state index is 0.421. The van der Waals surface area contributed by atoms with Crippen LogP contribution in [0.3, 0.4) is 0 Å². The van der Waals surface area contributed by atoms with Crippen molar-refractivity contribution in [2.75, 3.05) is 0 Å². The third-order valence-corrected chi connectivity index (χ3v) is 0.699. The lowest BCUT2D eigenvalue weighted by Crippen LogP contribution is -2.10. The molecule has 2 N–H and O–H groups in total. The number of hydrogen-bond acceptors (Lipinski definition) is 3. The topological polar surface area (TPSA) is 123 Å². The minimum Gasteiger partial charge on any atom is -0.477 e. The molecule has 7 heteroatoms. The first kappa shape index (κ1) is 8.99. The number of carboxylic acids is 2. The summed E-state index contributed by atoms with van der Waals surface area (Å²) in [6.45, 7) is 0. The van der Waals surface area contributed by atoms with Crippen LogP contribution in [0.15, 0.2) is 16.9 Å².